The molecule has 0 aromatic heterocycles. The fourth-order valence-electron chi connectivity index (χ4n) is 3.74. The molecule has 1 atom stereocenters. The van der Waals surface area contributed by atoms with Crippen LogP contribution in [0, 0.1) is 16.7 Å². The predicted molar refractivity (Wildman–Crippen MR) is 130 cm³/mol. The number of anilines is 2. The van der Waals surface area contributed by atoms with Gasteiger partial charge >= 0.3 is 5.97 Å². The summed E-state index contributed by atoms with van der Waals surface area (Å²) in [7, 11) is 0. The second kappa shape index (κ2) is 9.48. The van der Waals surface area contributed by atoms with E-state index in [0.29, 0.717) is 21.9 Å². The Morgan fingerprint density at radius 2 is 1.88 bits per heavy atom. The summed E-state index contributed by atoms with van der Waals surface area (Å²) >= 11 is 18.1. The number of carboxylic acid groups (broad SMARTS) is 1. The zero-order valence-electron chi connectivity index (χ0n) is 17.7. The molecule has 1 aliphatic rings. The van der Waals surface area contributed by atoms with Crippen LogP contribution in [0.25, 0.3) is 0 Å². The molecule has 0 radical (unpaired) electrons. The molecule has 1 heterocycles. The first-order valence-corrected chi connectivity index (χ1v) is 11.0. The van der Waals surface area contributed by atoms with Crippen LogP contribution in [-0.2, 0) is 14.4 Å². The van der Waals surface area contributed by atoms with Crippen molar-refractivity contribution in [3.8, 4) is 6.07 Å². The molecule has 2 aromatic rings. The van der Waals surface area contributed by atoms with Gasteiger partial charge in [0.15, 0.2) is 0 Å². The number of carbonyl (C=O) groups excluding carboxylic acids is 2. The number of nitrogens with one attached hydrogen (secondary N) is 1. The first-order chi connectivity index (χ1) is 15.5. The van der Waals surface area contributed by atoms with Crippen molar-refractivity contribution in [2.24, 2.45) is 5.41 Å². The van der Waals surface area contributed by atoms with Gasteiger partial charge in [-0.1, -0.05) is 41.5 Å². The molecule has 1 unspecified atom stereocenters. The topological polar surface area (TPSA) is 111 Å². The van der Waals surface area contributed by atoms with E-state index in [4.69, 9.17) is 45.8 Å². The van der Waals surface area contributed by atoms with Gasteiger partial charge < -0.3 is 10.4 Å². The maximum Gasteiger partial charge on any atom is 0.303 e. The molecule has 3 rings (SSSR count). The SMILES string of the molecule is CC1(C)C(=O)N(c2ccc(C#N)c(Cl)c2)C(=S)C1c1ccc(Cl)c(NC(=O)CCC(=O)O)c1. The third-order valence-corrected chi connectivity index (χ3v) is 6.50. The number of hydrogen-bond acceptors (Lipinski definition) is 5. The summed E-state index contributed by atoms with van der Waals surface area (Å²) in [6.07, 6.45) is -0.506. The number of nitriles is 1. The third kappa shape index (κ3) is 4.86. The Bertz CT molecular complexity index is 1220. The summed E-state index contributed by atoms with van der Waals surface area (Å²) in [5.41, 5.74) is 0.792. The lowest BCUT2D eigenvalue weighted by atomic mass is 9.77. The molecule has 0 saturated carbocycles. The van der Waals surface area contributed by atoms with Crippen molar-refractivity contribution in [3.63, 3.8) is 0 Å². The van der Waals surface area contributed by atoms with E-state index in [0.717, 1.165) is 0 Å². The minimum Gasteiger partial charge on any atom is -0.481 e. The zero-order chi connectivity index (χ0) is 24.5. The molecular weight excluding hydrogens is 485 g/mol. The van der Waals surface area contributed by atoms with Gasteiger partial charge in [0.05, 0.1) is 43.8 Å². The maximum atomic E-state index is 13.3. The Hall–Kier alpha value is -2.99. The summed E-state index contributed by atoms with van der Waals surface area (Å²) in [6.45, 7) is 3.55. The van der Waals surface area contributed by atoms with Gasteiger partial charge in [0.25, 0.3) is 0 Å². The number of carbonyl (C=O) groups is 3. The van der Waals surface area contributed by atoms with E-state index in [1.807, 2.05) is 6.07 Å². The summed E-state index contributed by atoms with van der Waals surface area (Å²) in [4.78, 5) is 37.9. The molecule has 2 N–H and O–H groups in total. The van der Waals surface area contributed by atoms with Crippen molar-refractivity contribution >= 4 is 69.6 Å². The van der Waals surface area contributed by atoms with Gasteiger partial charge in [-0.3, -0.25) is 19.3 Å². The number of halogens is 2. The maximum absolute atomic E-state index is 13.3. The summed E-state index contributed by atoms with van der Waals surface area (Å²) < 4.78 is 0. The largest absolute Gasteiger partial charge is 0.481 e. The number of carboxylic acids is 1. The quantitative estimate of drug-likeness (QED) is 0.527. The molecule has 0 bridgehead atoms. The third-order valence-electron chi connectivity index (χ3n) is 5.44. The van der Waals surface area contributed by atoms with E-state index in [1.165, 1.54) is 17.0 Å². The molecule has 0 spiro atoms. The number of benzene rings is 2. The van der Waals surface area contributed by atoms with Crippen LogP contribution in [0.3, 0.4) is 0 Å². The van der Waals surface area contributed by atoms with Crippen molar-refractivity contribution in [1.82, 2.24) is 0 Å². The van der Waals surface area contributed by atoms with Crippen molar-refractivity contribution < 1.29 is 19.5 Å². The Morgan fingerprint density at radius 3 is 2.48 bits per heavy atom. The highest BCUT2D eigenvalue weighted by Crippen LogP contribution is 2.48. The first kappa shape index (κ1) is 24.6. The van der Waals surface area contributed by atoms with Gasteiger partial charge in [-0.25, -0.2) is 0 Å². The molecule has 170 valence electrons. The molecular formula is C23H19Cl2N3O4S. The van der Waals surface area contributed by atoms with Gasteiger partial charge in [0, 0.05) is 12.3 Å². The van der Waals surface area contributed by atoms with Gasteiger partial charge in [-0.15, -0.1) is 0 Å². The molecule has 1 saturated heterocycles. The predicted octanol–water partition coefficient (Wildman–Crippen LogP) is 5.15. The van der Waals surface area contributed by atoms with E-state index in [-0.39, 0.29) is 34.4 Å². The van der Waals surface area contributed by atoms with Gasteiger partial charge in [0.1, 0.15) is 6.07 Å². The second-order valence-corrected chi connectivity index (χ2v) is 9.32. The molecule has 2 amide bonds. The molecule has 2 aromatic carbocycles. The van der Waals surface area contributed by atoms with E-state index in [9.17, 15) is 14.4 Å². The molecule has 33 heavy (non-hydrogen) atoms. The minimum atomic E-state index is -1.08. The van der Waals surface area contributed by atoms with Crippen molar-refractivity contribution in [3.05, 3.63) is 57.6 Å². The standard InChI is InChI=1S/C23H19Cl2N3O4S/c1-23(2)20(12-4-6-15(24)17(9-12)27-18(29)7-8-19(30)31)21(33)28(22(23)32)14-5-3-13(11-26)16(25)10-14/h3-6,9-10,20H,7-8H2,1-2H3,(H,27,29)(H,30,31). The van der Waals surface area contributed by atoms with Gasteiger partial charge in [-0.2, -0.15) is 5.26 Å². The monoisotopic (exact) mass is 503 g/mol. The fraction of sp³-hybridized carbons (Fsp3) is 0.261. The number of thiocarbonyl (C=S) groups is 1. The van der Waals surface area contributed by atoms with Crippen LogP contribution in [0.4, 0.5) is 11.4 Å². The molecule has 1 aliphatic heterocycles. The number of rotatable bonds is 6. The molecule has 1 fully saturated rings. The Balaban J connectivity index is 1.96. The lowest BCUT2D eigenvalue weighted by Crippen LogP contribution is -2.32. The Labute approximate surface area is 205 Å². The highest BCUT2D eigenvalue weighted by Gasteiger charge is 2.52. The number of hydrogen-bond donors (Lipinski definition) is 2. The Morgan fingerprint density at radius 1 is 1.18 bits per heavy atom. The van der Waals surface area contributed by atoms with Crippen LogP contribution < -0.4 is 10.2 Å². The van der Waals surface area contributed by atoms with Gasteiger partial charge in [0.2, 0.25) is 11.8 Å². The summed E-state index contributed by atoms with van der Waals surface area (Å²) in [5.74, 6) is -2.32. The van der Waals surface area contributed by atoms with Crippen LogP contribution in [0.15, 0.2) is 36.4 Å². The van der Waals surface area contributed by atoms with E-state index in [2.05, 4.69) is 5.32 Å². The van der Waals surface area contributed by atoms with Crippen molar-refractivity contribution in [2.75, 3.05) is 10.2 Å². The van der Waals surface area contributed by atoms with E-state index < -0.39 is 23.2 Å². The Kier molecular flexibility index (Phi) is 7.08. The highest BCUT2D eigenvalue weighted by molar-refractivity contribution is 7.80. The molecule has 10 heteroatoms. The van der Waals surface area contributed by atoms with E-state index in [1.54, 1.807) is 38.1 Å². The van der Waals surface area contributed by atoms with Gasteiger partial charge in [-0.05, 0) is 49.7 Å². The zero-order valence-corrected chi connectivity index (χ0v) is 20.0. The summed E-state index contributed by atoms with van der Waals surface area (Å²) in [5, 5.41) is 21.0. The fourth-order valence-corrected chi connectivity index (χ4v) is 4.74. The lowest BCUT2D eigenvalue weighted by molar-refractivity contribution is -0.138. The average Bonchev–Trinajstić information content (AvgIpc) is 2.92. The van der Waals surface area contributed by atoms with Crippen LogP contribution >= 0.6 is 35.4 Å². The second-order valence-electron chi connectivity index (χ2n) is 8.09. The summed E-state index contributed by atoms with van der Waals surface area (Å²) in [6, 6.07) is 11.6. The normalized spacial score (nSPS) is 17.1. The average molecular weight is 504 g/mol. The number of nitrogens with zero attached hydrogens (tertiary/aromatic N) is 2. The number of aliphatic carboxylic acids is 1. The van der Waals surface area contributed by atoms with Crippen LogP contribution in [0.5, 0.6) is 0 Å². The van der Waals surface area contributed by atoms with Crippen molar-refractivity contribution in [1.29, 1.82) is 5.26 Å². The first-order valence-electron chi connectivity index (χ1n) is 9.86. The van der Waals surface area contributed by atoms with Crippen LogP contribution in [0.2, 0.25) is 10.0 Å². The van der Waals surface area contributed by atoms with Crippen LogP contribution in [-0.4, -0.2) is 27.9 Å². The van der Waals surface area contributed by atoms with Crippen molar-refractivity contribution in [2.45, 2.75) is 32.6 Å². The molecule has 7 nitrogen and oxygen atoms in total. The molecule has 0 aliphatic carbocycles. The minimum absolute atomic E-state index is 0.199. The lowest BCUT2D eigenvalue weighted by Gasteiger charge is -2.24. The highest BCUT2D eigenvalue weighted by atomic mass is 35.5. The van der Waals surface area contributed by atoms with E-state index >= 15 is 0 Å². The number of amides is 2. The van der Waals surface area contributed by atoms with Crippen LogP contribution in [0.1, 0.15) is 43.7 Å². The smallest absolute Gasteiger partial charge is 0.303 e.